The molecule has 0 bridgehead atoms. The lowest BCUT2D eigenvalue weighted by atomic mass is 9.95. The molecule has 0 spiro atoms. The van der Waals surface area contributed by atoms with Gasteiger partial charge in [-0.25, -0.2) is 4.39 Å². The van der Waals surface area contributed by atoms with Crippen LogP contribution in [0.4, 0.5) is 24.5 Å². The summed E-state index contributed by atoms with van der Waals surface area (Å²) in [5.41, 5.74) is 7.91. The van der Waals surface area contributed by atoms with E-state index in [-0.39, 0.29) is 17.9 Å². The summed E-state index contributed by atoms with van der Waals surface area (Å²) in [4.78, 5) is 0. The van der Waals surface area contributed by atoms with Gasteiger partial charge in [0.2, 0.25) is 0 Å². The van der Waals surface area contributed by atoms with Crippen molar-refractivity contribution in [1.82, 2.24) is 0 Å². The second kappa shape index (κ2) is 6.43. The first kappa shape index (κ1) is 15.1. The lowest BCUT2D eigenvalue weighted by molar-refractivity contribution is -0.0505. The van der Waals surface area contributed by atoms with Crippen LogP contribution >= 0.6 is 0 Å². The second-order valence-corrected chi connectivity index (χ2v) is 4.54. The van der Waals surface area contributed by atoms with Gasteiger partial charge in [0.05, 0.1) is 11.4 Å². The largest absolute Gasteiger partial charge is 0.434 e. The summed E-state index contributed by atoms with van der Waals surface area (Å²) >= 11 is 0. The molecule has 21 heavy (non-hydrogen) atoms. The van der Waals surface area contributed by atoms with Crippen LogP contribution in [0.2, 0.25) is 0 Å². The molecule has 0 aliphatic rings. The molecule has 0 saturated heterocycles. The number of nitrogens with two attached hydrogens (primary N) is 1. The Labute approximate surface area is 121 Å². The molecule has 3 nitrogen and oxygen atoms in total. The van der Waals surface area contributed by atoms with Crippen molar-refractivity contribution in [2.24, 2.45) is 0 Å². The number of hydrogen-bond donors (Lipinski definition) is 2. The van der Waals surface area contributed by atoms with Crippen LogP contribution in [0.1, 0.15) is 5.56 Å². The fourth-order valence-electron chi connectivity index (χ4n) is 1.92. The summed E-state index contributed by atoms with van der Waals surface area (Å²) in [6.07, 6.45) is 0. The Bertz CT molecular complexity index is 638. The number of ether oxygens (including phenoxy) is 1. The van der Waals surface area contributed by atoms with Crippen LogP contribution in [0.5, 0.6) is 5.75 Å². The Kier molecular flexibility index (Phi) is 4.62. The highest BCUT2D eigenvalue weighted by Gasteiger charge is 2.13. The Morgan fingerprint density at radius 2 is 2.00 bits per heavy atom. The fourth-order valence-corrected chi connectivity index (χ4v) is 1.92. The molecule has 2 aromatic rings. The van der Waals surface area contributed by atoms with Crippen molar-refractivity contribution in [1.29, 1.82) is 0 Å². The monoisotopic (exact) mass is 294 g/mol. The summed E-state index contributed by atoms with van der Waals surface area (Å²) < 4.78 is 42.8. The summed E-state index contributed by atoms with van der Waals surface area (Å²) in [6, 6.07) is 9.16. The number of anilines is 2. The maximum atomic E-state index is 13.8. The van der Waals surface area contributed by atoms with E-state index in [4.69, 9.17) is 5.73 Å². The molecule has 0 aliphatic heterocycles. The second-order valence-electron chi connectivity index (χ2n) is 4.54. The molecule has 2 rings (SSSR count). The van der Waals surface area contributed by atoms with E-state index in [1.54, 1.807) is 12.1 Å². The molecule has 0 saturated carbocycles. The van der Waals surface area contributed by atoms with Crippen molar-refractivity contribution in [2.45, 2.75) is 13.2 Å². The van der Waals surface area contributed by atoms with E-state index < -0.39 is 12.4 Å². The number of rotatable bonds is 5. The SMILES string of the molecule is Bc1ccc(N)c(NCc2c(F)cccc2OC(F)F)c1. The summed E-state index contributed by atoms with van der Waals surface area (Å²) in [5, 5.41) is 2.93. The molecule has 0 fully saturated rings. The number of alkyl halides is 2. The summed E-state index contributed by atoms with van der Waals surface area (Å²) in [5.74, 6) is -0.810. The van der Waals surface area contributed by atoms with Crippen LogP contribution in [-0.2, 0) is 6.54 Å². The molecule has 0 unspecified atom stereocenters. The van der Waals surface area contributed by atoms with Gasteiger partial charge in [-0.2, -0.15) is 8.78 Å². The van der Waals surface area contributed by atoms with Crippen LogP contribution in [0, 0.1) is 5.82 Å². The van der Waals surface area contributed by atoms with E-state index in [9.17, 15) is 13.2 Å². The van der Waals surface area contributed by atoms with E-state index in [1.807, 2.05) is 13.9 Å². The molecule has 7 heteroatoms. The molecule has 0 aromatic heterocycles. The standard InChI is InChI=1S/C14H14BF3N2O/c15-8-4-5-11(19)12(6-8)20-7-9-10(16)2-1-3-13(9)21-14(17)18/h1-6,14,20H,7,15,19H2. The van der Waals surface area contributed by atoms with Gasteiger partial charge in [0.25, 0.3) is 0 Å². The first-order valence-corrected chi connectivity index (χ1v) is 6.29. The van der Waals surface area contributed by atoms with E-state index in [0.717, 1.165) is 5.46 Å². The topological polar surface area (TPSA) is 47.3 Å². The van der Waals surface area contributed by atoms with Gasteiger partial charge in [0.15, 0.2) is 0 Å². The van der Waals surface area contributed by atoms with Gasteiger partial charge in [-0.15, -0.1) is 0 Å². The minimum atomic E-state index is -3.01. The highest BCUT2D eigenvalue weighted by atomic mass is 19.3. The van der Waals surface area contributed by atoms with Gasteiger partial charge in [-0.1, -0.05) is 17.6 Å². The molecular weight excluding hydrogens is 280 g/mol. The zero-order chi connectivity index (χ0) is 15.4. The zero-order valence-electron chi connectivity index (χ0n) is 11.4. The van der Waals surface area contributed by atoms with Crippen molar-refractivity contribution in [2.75, 3.05) is 11.1 Å². The first-order valence-electron chi connectivity index (χ1n) is 6.29. The van der Waals surface area contributed by atoms with Crippen LogP contribution in [0.15, 0.2) is 36.4 Å². The first-order chi connectivity index (χ1) is 9.97. The third-order valence-corrected chi connectivity index (χ3v) is 2.96. The number of nitrogen functional groups attached to an aromatic ring is 1. The van der Waals surface area contributed by atoms with Crippen LogP contribution < -0.4 is 21.3 Å². The highest BCUT2D eigenvalue weighted by Crippen LogP contribution is 2.25. The predicted molar refractivity (Wildman–Crippen MR) is 79.4 cm³/mol. The Morgan fingerprint density at radius 1 is 1.24 bits per heavy atom. The minimum Gasteiger partial charge on any atom is -0.434 e. The molecule has 0 atom stereocenters. The van der Waals surface area contributed by atoms with E-state index >= 15 is 0 Å². The Morgan fingerprint density at radius 3 is 2.71 bits per heavy atom. The van der Waals surface area contributed by atoms with E-state index in [2.05, 4.69) is 10.1 Å². The smallest absolute Gasteiger partial charge is 0.387 e. The predicted octanol–water partition coefficient (Wildman–Crippen LogP) is 1.88. The Balaban J connectivity index is 2.21. The van der Waals surface area contributed by atoms with Gasteiger partial charge in [-0.3, -0.25) is 0 Å². The maximum Gasteiger partial charge on any atom is 0.387 e. The maximum absolute atomic E-state index is 13.8. The summed E-state index contributed by atoms with van der Waals surface area (Å²) in [7, 11) is 1.89. The van der Waals surface area contributed by atoms with Gasteiger partial charge >= 0.3 is 6.61 Å². The van der Waals surface area contributed by atoms with Gasteiger partial charge in [0, 0.05) is 12.1 Å². The minimum absolute atomic E-state index is 0.0115. The third kappa shape index (κ3) is 3.84. The molecule has 0 amide bonds. The molecule has 0 aliphatic carbocycles. The van der Waals surface area contributed by atoms with Crippen molar-refractivity contribution in [3.63, 3.8) is 0 Å². The van der Waals surface area contributed by atoms with Crippen molar-refractivity contribution in [3.05, 3.63) is 47.8 Å². The molecule has 2 aromatic carbocycles. The van der Waals surface area contributed by atoms with Crippen LogP contribution in [0.25, 0.3) is 0 Å². The fraction of sp³-hybridized carbons (Fsp3) is 0.143. The number of halogens is 3. The van der Waals surface area contributed by atoms with Gasteiger partial charge < -0.3 is 15.8 Å². The number of benzene rings is 2. The normalized spacial score (nSPS) is 10.7. The lowest BCUT2D eigenvalue weighted by Crippen LogP contribution is -2.11. The van der Waals surface area contributed by atoms with Crippen molar-refractivity contribution < 1.29 is 17.9 Å². The average molecular weight is 294 g/mol. The third-order valence-electron chi connectivity index (χ3n) is 2.96. The zero-order valence-corrected chi connectivity index (χ0v) is 11.4. The van der Waals surface area contributed by atoms with Crippen LogP contribution in [0.3, 0.4) is 0 Å². The van der Waals surface area contributed by atoms with E-state index in [0.29, 0.717) is 11.4 Å². The van der Waals surface area contributed by atoms with E-state index in [1.165, 1.54) is 18.2 Å². The quantitative estimate of drug-likeness (QED) is 0.654. The molecule has 3 N–H and O–H groups in total. The summed E-state index contributed by atoms with van der Waals surface area (Å²) in [6.45, 7) is -3.02. The van der Waals surface area contributed by atoms with Gasteiger partial charge in [-0.05, 0) is 24.3 Å². The average Bonchev–Trinajstić information content (AvgIpc) is 2.41. The molecule has 0 radical (unpaired) electrons. The number of hydrogen-bond acceptors (Lipinski definition) is 3. The highest BCUT2D eigenvalue weighted by molar-refractivity contribution is 6.32. The molecule has 110 valence electrons. The molecular formula is C14H14BF3N2O. The van der Waals surface area contributed by atoms with Crippen molar-refractivity contribution in [3.8, 4) is 5.75 Å². The van der Waals surface area contributed by atoms with Crippen molar-refractivity contribution >= 4 is 24.7 Å². The lowest BCUT2D eigenvalue weighted by Gasteiger charge is -2.14. The Hall–Kier alpha value is -2.31. The van der Waals surface area contributed by atoms with Crippen LogP contribution in [-0.4, -0.2) is 14.5 Å². The molecule has 0 heterocycles. The number of nitrogens with one attached hydrogen (secondary N) is 1. The van der Waals surface area contributed by atoms with Gasteiger partial charge in [0.1, 0.15) is 19.4 Å².